The van der Waals surface area contributed by atoms with Crippen LogP contribution in [-0.2, 0) is 0 Å². The number of carbonyl (C=O) groups excluding carboxylic acids is 1. The predicted molar refractivity (Wildman–Crippen MR) is 103 cm³/mol. The molecule has 0 atom stereocenters. The van der Waals surface area contributed by atoms with Gasteiger partial charge in [0.1, 0.15) is 11.4 Å². The van der Waals surface area contributed by atoms with E-state index in [9.17, 15) is 18.0 Å². The van der Waals surface area contributed by atoms with Gasteiger partial charge in [0.2, 0.25) is 5.13 Å². The van der Waals surface area contributed by atoms with E-state index in [-0.39, 0.29) is 11.4 Å². The number of rotatable bonds is 7. The molecule has 0 aliphatic rings. The summed E-state index contributed by atoms with van der Waals surface area (Å²) in [6, 6.07) is 5.18. The summed E-state index contributed by atoms with van der Waals surface area (Å²) < 4.78 is 41.1. The van der Waals surface area contributed by atoms with E-state index in [2.05, 4.69) is 30.6 Å². The lowest BCUT2D eigenvalue weighted by atomic mass is 10.3. The Bertz CT molecular complexity index is 943. The Hall–Kier alpha value is -2.38. The predicted octanol–water partition coefficient (Wildman–Crippen LogP) is 5.00. The van der Waals surface area contributed by atoms with Crippen LogP contribution in [0.2, 0.25) is 0 Å². The Labute approximate surface area is 169 Å². The number of ether oxygens (including phenoxy) is 1. The van der Waals surface area contributed by atoms with E-state index in [0.29, 0.717) is 16.0 Å². The average molecular weight is 447 g/mol. The summed E-state index contributed by atoms with van der Waals surface area (Å²) in [6.07, 6.45) is -4.74. The van der Waals surface area contributed by atoms with Gasteiger partial charge in [0.05, 0.1) is 0 Å². The van der Waals surface area contributed by atoms with Crippen molar-refractivity contribution in [1.82, 2.24) is 15.2 Å². The van der Waals surface area contributed by atoms with Gasteiger partial charge in [-0.3, -0.25) is 10.1 Å². The summed E-state index contributed by atoms with van der Waals surface area (Å²) in [5.41, 5.74) is 0.686. The normalized spacial score (nSPS) is 11.3. The number of carbonyl (C=O) groups is 1. The maximum absolute atomic E-state index is 12.2. The number of halogens is 3. The highest BCUT2D eigenvalue weighted by Gasteiger charge is 2.30. The van der Waals surface area contributed by atoms with Crippen LogP contribution in [-0.4, -0.2) is 33.2 Å². The number of nitrogens with zero attached hydrogens (tertiary/aromatic N) is 3. The molecule has 2 N–H and O–H groups in total. The van der Waals surface area contributed by atoms with Gasteiger partial charge in [-0.2, -0.15) is 0 Å². The Kier molecular flexibility index (Phi) is 6.36. The van der Waals surface area contributed by atoms with Gasteiger partial charge in [0.15, 0.2) is 9.47 Å². The molecule has 1 aromatic carbocycles. The Morgan fingerprint density at radius 2 is 1.96 bits per heavy atom. The van der Waals surface area contributed by atoms with Crippen LogP contribution in [0.4, 0.5) is 29.1 Å². The smallest absolute Gasteiger partial charge is 0.406 e. The van der Waals surface area contributed by atoms with Gasteiger partial charge in [0.25, 0.3) is 5.91 Å². The minimum Gasteiger partial charge on any atom is -0.406 e. The maximum Gasteiger partial charge on any atom is 0.573 e. The number of hydrogen-bond donors (Lipinski definition) is 2. The number of thiazole rings is 1. The molecule has 0 fully saturated rings. The second-order valence-electron chi connectivity index (χ2n) is 5.00. The lowest BCUT2D eigenvalue weighted by Crippen LogP contribution is -2.16. The summed E-state index contributed by atoms with van der Waals surface area (Å²) in [5, 5.41) is 15.7. The first kappa shape index (κ1) is 20.4. The third kappa shape index (κ3) is 5.81. The van der Waals surface area contributed by atoms with Gasteiger partial charge in [-0.05, 0) is 30.0 Å². The van der Waals surface area contributed by atoms with Crippen molar-refractivity contribution in [1.29, 1.82) is 0 Å². The topological polar surface area (TPSA) is 89.0 Å². The second kappa shape index (κ2) is 8.75. The summed E-state index contributed by atoms with van der Waals surface area (Å²) >= 11 is 3.98. The Morgan fingerprint density at radius 3 is 2.64 bits per heavy atom. The molecule has 0 saturated heterocycles. The fourth-order valence-electron chi connectivity index (χ4n) is 1.90. The summed E-state index contributed by atoms with van der Waals surface area (Å²) in [7, 11) is 0. The van der Waals surface area contributed by atoms with Crippen LogP contribution < -0.4 is 15.4 Å². The maximum atomic E-state index is 12.2. The van der Waals surface area contributed by atoms with E-state index in [1.807, 2.05) is 6.92 Å². The van der Waals surface area contributed by atoms with Crippen LogP contribution in [0.3, 0.4) is 0 Å². The van der Waals surface area contributed by atoms with Crippen molar-refractivity contribution in [2.75, 3.05) is 16.4 Å². The summed E-state index contributed by atoms with van der Waals surface area (Å²) in [6.45, 7) is 1.99. The molecule has 7 nitrogen and oxygen atoms in total. The fraction of sp³-hybridized carbons (Fsp3) is 0.200. The fourth-order valence-corrected chi connectivity index (χ4v) is 4.26. The van der Waals surface area contributed by atoms with Crippen LogP contribution in [0.15, 0.2) is 34.0 Å². The lowest BCUT2D eigenvalue weighted by Gasteiger charge is -2.09. The minimum atomic E-state index is -4.74. The highest BCUT2D eigenvalue weighted by atomic mass is 32.2. The van der Waals surface area contributed by atoms with E-state index in [4.69, 9.17) is 0 Å². The van der Waals surface area contributed by atoms with E-state index in [1.165, 1.54) is 58.7 Å². The third-order valence-corrected chi connectivity index (χ3v) is 5.58. The van der Waals surface area contributed by atoms with Gasteiger partial charge in [-0.25, -0.2) is 4.98 Å². The van der Waals surface area contributed by atoms with Crippen molar-refractivity contribution in [3.05, 3.63) is 35.3 Å². The Balaban J connectivity index is 1.59. The van der Waals surface area contributed by atoms with E-state index in [0.717, 1.165) is 10.1 Å². The zero-order valence-electron chi connectivity index (χ0n) is 14.1. The van der Waals surface area contributed by atoms with Crippen molar-refractivity contribution in [2.45, 2.75) is 17.6 Å². The first-order valence-electron chi connectivity index (χ1n) is 7.68. The van der Waals surface area contributed by atoms with Crippen molar-refractivity contribution in [3.8, 4) is 5.75 Å². The molecule has 148 valence electrons. The molecule has 0 saturated carbocycles. The highest BCUT2D eigenvalue weighted by molar-refractivity contribution is 8.01. The van der Waals surface area contributed by atoms with Crippen LogP contribution >= 0.6 is 34.4 Å². The minimum absolute atomic E-state index is 0.185. The molecule has 1 amide bonds. The zero-order valence-corrected chi connectivity index (χ0v) is 16.6. The molecular formula is C15H12F3N5O2S3. The molecule has 3 rings (SSSR count). The van der Waals surface area contributed by atoms with Crippen LogP contribution in [0.5, 0.6) is 5.75 Å². The number of anilines is 3. The van der Waals surface area contributed by atoms with Crippen LogP contribution in [0, 0.1) is 0 Å². The number of benzene rings is 1. The lowest BCUT2D eigenvalue weighted by molar-refractivity contribution is -0.274. The van der Waals surface area contributed by atoms with Gasteiger partial charge >= 0.3 is 6.36 Å². The number of nitrogens with one attached hydrogen (secondary N) is 2. The molecule has 0 aliphatic carbocycles. The largest absolute Gasteiger partial charge is 0.573 e. The number of amides is 1. The van der Waals surface area contributed by atoms with Crippen molar-refractivity contribution in [2.24, 2.45) is 0 Å². The van der Waals surface area contributed by atoms with Crippen molar-refractivity contribution < 1.29 is 22.7 Å². The van der Waals surface area contributed by atoms with E-state index >= 15 is 0 Å². The second-order valence-corrected chi connectivity index (χ2v) is 8.34. The number of aromatic nitrogens is 3. The van der Waals surface area contributed by atoms with Crippen molar-refractivity contribution >= 4 is 56.3 Å². The zero-order chi connectivity index (χ0) is 20.1. The van der Waals surface area contributed by atoms with Crippen LogP contribution in [0.1, 0.15) is 17.4 Å². The molecule has 3 aromatic rings. The van der Waals surface area contributed by atoms with Crippen LogP contribution in [0.25, 0.3) is 0 Å². The summed E-state index contributed by atoms with van der Waals surface area (Å²) in [4.78, 5) is 16.4. The number of alkyl halides is 3. The van der Waals surface area contributed by atoms with E-state index < -0.39 is 12.3 Å². The molecule has 0 spiro atoms. The molecule has 0 unspecified atom stereocenters. The monoisotopic (exact) mass is 447 g/mol. The van der Waals surface area contributed by atoms with Crippen molar-refractivity contribution in [3.63, 3.8) is 0 Å². The van der Waals surface area contributed by atoms with Gasteiger partial charge in [-0.15, -0.1) is 34.7 Å². The Morgan fingerprint density at radius 1 is 1.21 bits per heavy atom. The molecule has 0 aliphatic heterocycles. The third-order valence-electron chi connectivity index (χ3n) is 2.97. The first-order valence-corrected chi connectivity index (χ1v) is 10.4. The SMILES string of the molecule is CCSc1nnc(NC(=O)c2csc(Nc3ccc(OC(F)(F)F)cc3)n2)s1. The standard InChI is InChI=1S/C15H12F3N5O2S3/c1-2-26-14-23-22-13(28-14)21-11(24)10-7-27-12(20-10)19-8-3-5-9(6-4-8)25-15(16,17)18/h3-7H,2H2,1H3,(H,19,20)(H,21,22,24). The molecule has 2 heterocycles. The number of hydrogen-bond acceptors (Lipinski definition) is 9. The highest BCUT2D eigenvalue weighted by Crippen LogP contribution is 2.28. The summed E-state index contributed by atoms with van der Waals surface area (Å²) in [5.74, 6) is 0.102. The molecule has 2 aromatic heterocycles. The quantitative estimate of drug-likeness (QED) is 0.389. The number of thioether (sulfide) groups is 1. The van der Waals surface area contributed by atoms with Gasteiger partial charge < -0.3 is 10.1 Å². The first-order chi connectivity index (χ1) is 13.3. The molecule has 0 radical (unpaired) electrons. The van der Waals surface area contributed by atoms with Gasteiger partial charge in [-0.1, -0.05) is 30.0 Å². The molecule has 0 bridgehead atoms. The average Bonchev–Trinajstić information content (AvgIpc) is 3.25. The molecule has 28 heavy (non-hydrogen) atoms. The van der Waals surface area contributed by atoms with Gasteiger partial charge in [0, 0.05) is 11.1 Å². The molecule has 13 heteroatoms. The molecular weight excluding hydrogens is 435 g/mol. The van der Waals surface area contributed by atoms with E-state index in [1.54, 1.807) is 5.38 Å².